The van der Waals surface area contributed by atoms with Crippen LogP contribution < -0.4 is 19.5 Å². The van der Waals surface area contributed by atoms with E-state index in [1.165, 1.54) is 0 Å². The molecule has 0 spiro atoms. The van der Waals surface area contributed by atoms with Crippen molar-refractivity contribution in [1.29, 1.82) is 0 Å². The Bertz CT molecular complexity index is 1570. The summed E-state index contributed by atoms with van der Waals surface area (Å²) in [7, 11) is 3.16. The Labute approximate surface area is 206 Å². The van der Waals surface area contributed by atoms with E-state index >= 15 is 0 Å². The molecule has 0 saturated heterocycles. The van der Waals surface area contributed by atoms with Crippen LogP contribution >= 0.6 is 11.6 Å². The third-order valence-corrected chi connectivity index (χ3v) is 5.67. The molecule has 35 heavy (non-hydrogen) atoms. The van der Waals surface area contributed by atoms with Gasteiger partial charge in [0, 0.05) is 39.9 Å². The average Bonchev–Trinajstić information content (AvgIpc) is 2.87. The molecular weight excluding hydrogens is 466 g/mol. The van der Waals surface area contributed by atoms with Crippen molar-refractivity contribution >= 4 is 45.0 Å². The van der Waals surface area contributed by atoms with Crippen molar-refractivity contribution in [2.75, 3.05) is 19.5 Å². The number of ether oxygens (including phenoxy) is 3. The van der Waals surface area contributed by atoms with E-state index in [-0.39, 0.29) is 5.91 Å². The van der Waals surface area contributed by atoms with Gasteiger partial charge in [0.05, 0.1) is 30.8 Å². The van der Waals surface area contributed by atoms with Crippen molar-refractivity contribution in [2.24, 2.45) is 0 Å². The van der Waals surface area contributed by atoms with E-state index in [0.717, 1.165) is 16.3 Å². The maximum Gasteiger partial charge on any atom is 0.257 e. The van der Waals surface area contributed by atoms with Crippen molar-refractivity contribution in [3.8, 4) is 23.0 Å². The highest BCUT2D eigenvalue weighted by molar-refractivity contribution is 6.31. The summed E-state index contributed by atoms with van der Waals surface area (Å²) < 4.78 is 17.0. The second-order valence-corrected chi connectivity index (χ2v) is 8.11. The summed E-state index contributed by atoms with van der Waals surface area (Å²) in [6, 6.07) is 19.7. The second-order valence-electron chi connectivity index (χ2n) is 7.68. The molecule has 5 aromatic rings. The maximum absolute atomic E-state index is 12.7. The smallest absolute Gasteiger partial charge is 0.257 e. The molecule has 1 N–H and O–H groups in total. The molecule has 5 rings (SSSR count). The lowest BCUT2D eigenvalue weighted by molar-refractivity contribution is 0.102. The number of fused-ring (bicyclic) bond motifs is 2. The first-order chi connectivity index (χ1) is 17.0. The number of carbonyl (C=O) groups is 1. The zero-order valence-corrected chi connectivity index (χ0v) is 19.7. The molecule has 1 amide bonds. The quantitative estimate of drug-likeness (QED) is 0.295. The van der Waals surface area contributed by atoms with Gasteiger partial charge in [0.25, 0.3) is 5.91 Å². The number of amides is 1. The van der Waals surface area contributed by atoms with Crippen LogP contribution in [0.3, 0.4) is 0 Å². The number of aromatic nitrogens is 2. The zero-order chi connectivity index (χ0) is 24.4. The van der Waals surface area contributed by atoms with Crippen LogP contribution in [-0.2, 0) is 0 Å². The zero-order valence-electron chi connectivity index (χ0n) is 18.9. The van der Waals surface area contributed by atoms with Gasteiger partial charge in [-0.2, -0.15) is 0 Å². The molecule has 8 heteroatoms. The summed E-state index contributed by atoms with van der Waals surface area (Å²) >= 11 is 6.01. The van der Waals surface area contributed by atoms with Crippen LogP contribution in [-0.4, -0.2) is 30.1 Å². The minimum atomic E-state index is -0.283. The maximum atomic E-state index is 12.7. The van der Waals surface area contributed by atoms with Crippen LogP contribution in [0.1, 0.15) is 10.4 Å². The predicted octanol–water partition coefficient (Wildman–Crippen LogP) is 6.50. The molecule has 0 aliphatic carbocycles. The largest absolute Gasteiger partial charge is 0.493 e. The number of methoxy groups -OCH3 is 2. The van der Waals surface area contributed by atoms with Crippen molar-refractivity contribution in [3.05, 3.63) is 89.7 Å². The molecule has 2 aromatic heterocycles. The van der Waals surface area contributed by atoms with Crippen LogP contribution in [0.5, 0.6) is 23.0 Å². The normalized spacial score (nSPS) is 10.8. The number of benzene rings is 3. The molecule has 0 bridgehead atoms. The van der Waals surface area contributed by atoms with Crippen molar-refractivity contribution < 1.29 is 19.0 Å². The van der Waals surface area contributed by atoms with Gasteiger partial charge >= 0.3 is 0 Å². The summed E-state index contributed by atoms with van der Waals surface area (Å²) in [6.45, 7) is 0. The van der Waals surface area contributed by atoms with Gasteiger partial charge in [-0.15, -0.1) is 0 Å². The fraction of sp³-hybridized carbons (Fsp3) is 0.0741. The Morgan fingerprint density at radius 3 is 2.49 bits per heavy atom. The van der Waals surface area contributed by atoms with Gasteiger partial charge in [0.2, 0.25) is 0 Å². The fourth-order valence-electron chi connectivity index (χ4n) is 3.73. The summed E-state index contributed by atoms with van der Waals surface area (Å²) in [5.41, 5.74) is 2.47. The third kappa shape index (κ3) is 4.67. The molecule has 0 atom stereocenters. The van der Waals surface area contributed by atoms with Gasteiger partial charge in [-0.3, -0.25) is 14.8 Å². The van der Waals surface area contributed by atoms with Crippen LogP contribution in [0.25, 0.3) is 21.8 Å². The third-order valence-electron chi connectivity index (χ3n) is 5.43. The van der Waals surface area contributed by atoms with Crippen LogP contribution in [0.4, 0.5) is 5.69 Å². The van der Waals surface area contributed by atoms with E-state index in [9.17, 15) is 4.79 Å². The highest BCUT2D eigenvalue weighted by Crippen LogP contribution is 2.37. The van der Waals surface area contributed by atoms with E-state index in [1.54, 1.807) is 69.1 Å². The van der Waals surface area contributed by atoms with Gasteiger partial charge in [-0.05, 0) is 54.6 Å². The Kier molecular flexibility index (Phi) is 6.08. The molecule has 7 nitrogen and oxygen atoms in total. The molecule has 0 aliphatic rings. The topological polar surface area (TPSA) is 82.6 Å². The minimum Gasteiger partial charge on any atom is -0.493 e. The first-order valence-electron chi connectivity index (χ1n) is 10.7. The van der Waals surface area contributed by atoms with E-state index in [0.29, 0.717) is 44.8 Å². The Morgan fingerprint density at radius 2 is 1.69 bits per heavy atom. The summed E-state index contributed by atoms with van der Waals surface area (Å²) in [6.07, 6.45) is 3.21. The number of pyridine rings is 2. The molecule has 0 unspecified atom stereocenters. The first kappa shape index (κ1) is 22.4. The van der Waals surface area contributed by atoms with Crippen molar-refractivity contribution in [1.82, 2.24) is 9.97 Å². The summed E-state index contributed by atoms with van der Waals surface area (Å²) in [4.78, 5) is 21.6. The number of hydrogen-bond donors (Lipinski definition) is 1. The number of nitrogens with zero attached hydrogens (tertiary/aromatic N) is 2. The molecule has 2 heterocycles. The number of hydrogen-bond acceptors (Lipinski definition) is 6. The van der Waals surface area contributed by atoms with Gasteiger partial charge in [0.1, 0.15) is 11.5 Å². The van der Waals surface area contributed by atoms with Crippen molar-refractivity contribution in [3.63, 3.8) is 0 Å². The number of halogens is 1. The molecule has 0 radical (unpaired) electrons. The lowest BCUT2D eigenvalue weighted by Crippen LogP contribution is -2.12. The van der Waals surface area contributed by atoms with E-state index < -0.39 is 0 Å². The Hall–Kier alpha value is -4.36. The van der Waals surface area contributed by atoms with Crippen LogP contribution in [0, 0.1) is 0 Å². The highest BCUT2D eigenvalue weighted by atomic mass is 35.5. The van der Waals surface area contributed by atoms with E-state index in [1.807, 2.05) is 24.3 Å². The molecule has 174 valence electrons. The number of rotatable bonds is 6. The average molecular weight is 486 g/mol. The van der Waals surface area contributed by atoms with Crippen LogP contribution in [0.15, 0.2) is 79.1 Å². The van der Waals surface area contributed by atoms with Crippen LogP contribution in [0.2, 0.25) is 5.02 Å². The summed E-state index contributed by atoms with van der Waals surface area (Å²) in [5, 5.41) is 4.92. The second kappa shape index (κ2) is 9.48. The Balaban J connectivity index is 1.45. The lowest BCUT2D eigenvalue weighted by atomic mass is 10.1. The minimum absolute atomic E-state index is 0.283. The predicted molar refractivity (Wildman–Crippen MR) is 136 cm³/mol. The summed E-state index contributed by atoms with van der Waals surface area (Å²) in [5.74, 6) is 2.09. The number of anilines is 1. The standard InChI is InChI=1S/C27H20ClN3O4/c1-33-25-13-21-23(14-26(25)34-2)29-9-8-24(21)35-20-6-7-22-16(11-20)10-17(15-30-22)27(32)31-19-5-3-4-18(28)12-19/h3-15H,1-2H3,(H,31,32). The molecular formula is C27H20ClN3O4. The van der Waals surface area contributed by atoms with Gasteiger partial charge < -0.3 is 19.5 Å². The van der Waals surface area contributed by atoms with Gasteiger partial charge in [0.15, 0.2) is 11.5 Å². The monoisotopic (exact) mass is 485 g/mol. The molecule has 0 saturated carbocycles. The molecule has 0 aliphatic heterocycles. The Morgan fingerprint density at radius 1 is 0.857 bits per heavy atom. The number of nitrogens with one attached hydrogen (secondary N) is 1. The molecule has 0 fully saturated rings. The van der Waals surface area contributed by atoms with E-state index in [2.05, 4.69) is 15.3 Å². The first-order valence-corrected chi connectivity index (χ1v) is 11.1. The van der Waals surface area contributed by atoms with Gasteiger partial charge in [-0.25, -0.2) is 0 Å². The van der Waals surface area contributed by atoms with Crippen molar-refractivity contribution in [2.45, 2.75) is 0 Å². The highest BCUT2D eigenvalue weighted by Gasteiger charge is 2.13. The van der Waals surface area contributed by atoms with Gasteiger partial charge in [-0.1, -0.05) is 17.7 Å². The van der Waals surface area contributed by atoms with E-state index in [4.69, 9.17) is 25.8 Å². The lowest BCUT2D eigenvalue weighted by Gasteiger charge is -2.13. The molecule has 3 aromatic carbocycles. The number of carbonyl (C=O) groups excluding carboxylic acids is 1. The SMILES string of the molecule is COc1cc2nccc(Oc3ccc4ncc(C(=O)Nc5cccc(Cl)c5)cc4c3)c2cc1OC. The fourth-order valence-corrected chi connectivity index (χ4v) is 3.92.